The molecule has 0 fully saturated rings. The molecule has 0 aliphatic carbocycles. The molecule has 1 aromatic carbocycles. The summed E-state index contributed by atoms with van der Waals surface area (Å²) in [6, 6.07) is 8.84. The maximum atomic E-state index is 5.52. The summed E-state index contributed by atoms with van der Waals surface area (Å²) in [4.78, 5) is 18.9. The number of aromatic amines is 1. The van der Waals surface area contributed by atoms with E-state index in [9.17, 15) is 0 Å². The second-order valence-electron chi connectivity index (χ2n) is 7.57. The minimum absolute atomic E-state index is 0.281. The second kappa shape index (κ2) is 6.83. The first-order valence-corrected chi connectivity index (χ1v) is 9.63. The Balaban J connectivity index is 1.45. The number of para-hydroxylation sites is 1. The van der Waals surface area contributed by atoms with Gasteiger partial charge in [-0.05, 0) is 24.0 Å². The van der Waals surface area contributed by atoms with Gasteiger partial charge >= 0.3 is 0 Å². The highest BCUT2D eigenvalue weighted by Crippen LogP contribution is 2.39. The zero-order valence-corrected chi connectivity index (χ0v) is 16.0. The third-order valence-electron chi connectivity index (χ3n) is 5.42. The Hall–Kier alpha value is -3.06. The molecule has 0 saturated carbocycles. The van der Waals surface area contributed by atoms with Crippen molar-refractivity contribution in [2.45, 2.75) is 32.9 Å². The van der Waals surface area contributed by atoms with Crippen LogP contribution in [0.25, 0.3) is 22.4 Å². The first-order valence-electron chi connectivity index (χ1n) is 9.63. The molecule has 0 saturated heterocycles. The molecule has 28 heavy (non-hydrogen) atoms. The third kappa shape index (κ3) is 2.88. The van der Waals surface area contributed by atoms with E-state index in [0.29, 0.717) is 29.9 Å². The zero-order valence-electron chi connectivity index (χ0n) is 16.0. The fourth-order valence-corrected chi connectivity index (χ4v) is 4.26. The van der Waals surface area contributed by atoms with Crippen LogP contribution in [0.4, 0.5) is 0 Å². The molecule has 0 radical (unpaired) electrons. The SMILES string of the molecule is CC(C)[C@H]1c2[nH]c3ccccc3c2CCN1Cc1nc(-c2cnccn2)no1. The van der Waals surface area contributed by atoms with Crippen molar-refractivity contribution in [3.8, 4) is 11.5 Å². The Bertz CT molecular complexity index is 1100. The number of aromatic nitrogens is 5. The minimum atomic E-state index is 0.281. The molecule has 1 aliphatic heterocycles. The monoisotopic (exact) mass is 374 g/mol. The van der Waals surface area contributed by atoms with Crippen LogP contribution in [0.3, 0.4) is 0 Å². The van der Waals surface area contributed by atoms with Crippen molar-refractivity contribution in [3.05, 3.63) is 60.0 Å². The van der Waals surface area contributed by atoms with Gasteiger partial charge in [-0.1, -0.05) is 37.2 Å². The van der Waals surface area contributed by atoms with Crippen LogP contribution in [-0.4, -0.2) is 36.5 Å². The van der Waals surface area contributed by atoms with Crippen LogP contribution in [-0.2, 0) is 13.0 Å². The number of hydrogen-bond donors (Lipinski definition) is 1. The summed E-state index contributed by atoms with van der Waals surface area (Å²) >= 11 is 0. The first-order chi connectivity index (χ1) is 13.7. The molecule has 0 spiro atoms. The van der Waals surface area contributed by atoms with Crippen LogP contribution in [0.2, 0.25) is 0 Å². The van der Waals surface area contributed by atoms with Crippen molar-refractivity contribution in [1.29, 1.82) is 0 Å². The van der Waals surface area contributed by atoms with E-state index in [2.05, 4.69) is 68.1 Å². The van der Waals surface area contributed by atoms with E-state index in [1.807, 2.05) is 0 Å². The maximum absolute atomic E-state index is 5.52. The predicted octanol–water partition coefficient (Wildman–Crippen LogP) is 3.76. The van der Waals surface area contributed by atoms with E-state index in [4.69, 9.17) is 4.52 Å². The number of nitrogens with zero attached hydrogens (tertiary/aromatic N) is 5. The highest BCUT2D eigenvalue weighted by Gasteiger charge is 2.33. The molecule has 7 heteroatoms. The minimum Gasteiger partial charge on any atom is -0.357 e. The van der Waals surface area contributed by atoms with E-state index in [-0.39, 0.29) is 6.04 Å². The molecule has 4 aromatic rings. The summed E-state index contributed by atoms with van der Waals surface area (Å²) in [6.07, 6.45) is 5.91. The Kier molecular flexibility index (Phi) is 4.16. The molecule has 1 atom stereocenters. The van der Waals surface area contributed by atoms with Crippen LogP contribution in [0.1, 0.15) is 37.0 Å². The quantitative estimate of drug-likeness (QED) is 0.585. The van der Waals surface area contributed by atoms with Gasteiger partial charge in [-0.2, -0.15) is 4.98 Å². The van der Waals surface area contributed by atoms with Gasteiger partial charge in [-0.3, -0.25) is 9.88 Å². The van der Waals surface area contributed by atoms with Crippen molar-refractivity contribution in [2.24, 2.45) is 5.92 Å². The number of H-pyrrole nitrogens is 1. The Morgan fingerprint density at radius 3 is 2.96 bits per heavy atom. The van der Waals surface area contributed by atoms with Crippen LogP contribution < -0.4 is 0 Å². The Labute approximate surface area is 162 Å². The molecule has 5 rings (SSSR count). The number of hydrogen-bond acceptors (Lipinski definition) is 6. The van der Waals surface area contributed by atoms with Crippen molar-refractivity contribution in [3.63, 3.8) is 0 Å². The Morgan fingerprint density at radius 2 is 2.14 bits per heavy atom. The highest BCUT2D eigenvalue weighted by molar-refractivity contribution is 5.85. The lowest BCUT2D eigenvalue weighted by Crippen LogP contribution is -2.37. The highest BCUT2D eigenvalue weighted by atomic mass is 16.5. The second-order valence-corrected chi connectivity index (χ2v) is 7.57. The topological polar surface area (TPSA) is 83.7 Å². The van der Waals surface area contributed by atoms with Crippen LogP contribution in [0, 0.1) is 5.92 Å². The van der Waals surface area contributed by atoms with Crippen molar-refractivity contribution >= 4 is 10.9 Å². The average molecular weight is 374 g/mol. The molecule has 0 amide bonds. The van der Waals surface area contributed by atoms with Crippen molar-refractivity contribution in [2.75, 3.05) is 6.54 Å². The van der Waals surface area contributed by atoms with Crippen molar-refractivity contribution < 1.29 is 4.52 Å². The summed E-state index contributed by atoms with van der Waals surface area (Å²) in [5, 5.41) is 5.42. The standard InChI is InChI=1S/C21H22N6O/c1-13(2)20-19-15(14-5-3-4-6-16(14)24-19)7-10-27(20)12-18-25-21(26-28-18)17-11-22-8-9-23-17/h3-6,8-9,11,13,20,24H,7,10,12H2,1-2H3/t20-/m0/s1. The van der Waals surface area contributed by atoms with Crippen LogP contribution in [0.5, 0.6) is 0 Å². The molecule has 1 N–H and O–H groups in total. The molecule has 3 aromatic heterocycles. The van der Waals surface area contributed by atoms with Crippen molar-refractivity contribution in [1.82, 2.24) is 30.0 Å². The molecular formula is C21H22N6O. The van der Waals surface area contributed by atoms with E-state index < -0.39 is 0 Å². The van der Waals surface area contributed by atoms with E-state index in [1.165, 1.54) is 22.2 Å². The van der Waals surface area contributed by atoms with Gasteiger partial charge < -0.3 is 9.51 Å². The largest absolute Gasteiger partial charge is 0.357 e. The number of fused-ring (bicyclic) bond motifs is 3. The fraction of sp³-hybridized carbons (Fsp3) is 0.333. The van der Waals surface area contributed by atoms with Gasteiger partial charge in [0, 0.05) is 35.5 Å². The lowest BCUT2D eigenvalue weighted by Gasteiger charge is -2.37. The maximum Gasteiger partial charge on any atom is 0.241 e. The summed E-state index contributed by atoms with van der Waals surface area (Å²) < 4.78 is 5.52. The molecule has 4 heterocycles. The summed E-state index contributed by atoms with van der Waals surface area (Å²) in [5.41, 5.74) is 4.59. The zero-order chi connectivity index (χ0) is 19.1. The van der Waals surface area contributed by atoms with E-state index >= 15 is 0 Å². The van der Waals surface area contributed by atoms with Gasteiger partial charge in [0.05, 0.1) is 18.8 Å². The van der Waals surface area contributed by atoms with E-state index in [0.717, 1.165) is 13.0 Å². The molecule has 1 aliphatic rings. The normalized spacial score (nSPS) is 17.3. The van der Waals surface area contributed by atoms with Gasteiger partial charge in [0.2, 0.25) is 11.7 Å². The summed E-state index contributed by atoms with van der Waals surface area (Å²) in [6.45, 7) is 6.10. The number of rotatable bonds is 4. The smallest absolute Gasteiger partial charge is 0.241 e. The molecule has 0 bridgehead atoms. The van der Waals surface area contributed by atoms with Gasteiger partial charge in [0.15, 0.2) is 0 Å². The molecule has 7 nitrogen and oxygen atoms in total. The predicted molar refractivity (Wildman–Crippen MR) is 105 cm³/mol. The van der Waals surface area contributed by atoms with Gasteiger partial charge in [-0.25, -0.2) is 4.98 Å². The average Bonchev–Trinajstić information content (AvgIpc) is 3.32. The van der Waals surface area contributed by atoms with E-state index in [1.54, 1.807) is 18.6 Å². The Morgan fingerprint density at radius 1 is 1.25 bits per heavy atom. The van der Waals surface area contributed by atoms with Crippen LogP contribution >= 0.6 is 0 Å². The van der Waals surface area contributed by atoms with Gasteiger partial charge in [0.1, 0.15) is 5.69 Å². The summed E-state index contributed by atoms with van der Waals surface area (Å²) in [7, 11) is 0. The number of benzene rings is 1. The molecular weight excluding hydrogens is 352 g/mol. The number of nitrogens with one attached hydrogen (secondary N) is 1. The van der Waals surface area contributed by atoms with Gasteiger partial charge in [0.25, 0.3) is 0 Å². The van der Waals surface area contributed by atoms with Crippen LogP contribution in [0.15, 0.2) is 47.4 Å². The third-order valence-corrected chi connectivity index (χ3v) is 5.42. The van der Waals surface area contributed by atoms with Gasteiger partial charge in [-0.15, -0.1) is 0 Å². The summed E-state index contributed by atoms with van der Waals surface area (Å²) in [5.74, 6) is 1.54. The molecule has 0 unspecified atom stereocenters. The lowest BCUT2D eigenvalue weighted by atomic mass is 9.90. The fourth-order valence-electron chi connectivity index (χ4n) is 4.26. The molecule has 142 valence electrons. The first kappa shape index (κ1) is 17.1. The lowest BCUT2D eigenvalue weighted by molar-refractivity contribution is 0.117.